The van der Waals surface area contributed by atoms with E-state index in [-0.39, 0.29) is 5.91 Å². The number of carbonyl (C=O) groups excluding carboxylic acids is 2. The van der Waals surface area contributed by atoms with Gasteiger partial charge in [-0.05, 0) is 61.2 Å². The quantitative estimate of drug-likeness (QED) is 0.546. The van der Waals surface area contributed by atoms with Crippen LogP contribution in [0.1, 0.15) is 56.9 Å². The number of aromatic nitrogens is 1. The Morgan fingerprint density at radius 3 is 2.21 bits per heavy atom. The topological polar surface area (TPSA) is 62.3 Å². The summed E-state index contributed by atoms with van der Waals surface area (Å²) in [4.78, 5) is 31.2. The lowest BCUT2D eigenvalue weighted by atomic mass is 9.97. The van der Waals surface area contributed by atoms with E-state index in [1.54, 1.807) is 30.0 Å². The fourth-order valence-corrected chi connectivity index (χ4v) is 3.69. The van der Waals surface area contributed by atoms with Crippen LogP contribution < -0.4 is 5.32 Å². The van der Waals surface area contributed by atoms with E-state index in [0.29, 0.717) is 29.8 Å². The first-order chi connectivity index (χ1) is 16.1. The van der Waals surface area contributed by atoms with Crippen LogP contribution in [0.15, 0.2) is 60.8 Å². The number of aryl methyl sites for hydroxylation is 1. The highest BCUT2D eigenvalue weighted by Crippen LogP contribution is 2.28. The molecule has 8 heteroatoms. The number of halogens is 3. The van der Waals surface area contributed by atoms with Crippen LogP contribution in [0, 0.1) is 6.92 Å². The number of nitrogens with one attached hydrogen (secondary N) is 1. The highest BCUT2D eigenvalue weighted by molar-refractivity contribution is 6.01. The monoisotopic (exact) mass is 467 g/mol. The maximum absolute atomic E-state index is 13.1. The molecular formula is C26H24F3N3O2. The Kier molecular flexibility index (Phi) is 6.41. The van der Waals surface area contributed by atoms with Crippen molar-refractivity contribution in [1.29, 1.82) is 0 Å². The number of hydrogen-bond acceptors (Lipinski definition) is 3. The zero-order valence-electron chi connectivity index (χ0n) is 18.8. The first kappa shape index (κ1) is 23.5. The molecule has 0 aliphatic carbocycles. The van der Waals surface area contributed by atoms with Crippen LogP contribution in [0.5, 0.6) is 0 Å². The largest absolute Gasteiger partial charge is 0.433 e. The van der Waals surface area contributed by atoms with Crippen LogP contribution >= 0.6 is 0 Å². The molecule has 1 aromatic heterocycles. The molecule has 176 valence electrons. The molecule has 1 N–H and O–H groups in total. The van der Waals surface area contributed by atoms with Crippen molar-refractivity contribution >= 4 is 11.8 Å². The van der Waals surface area contributed by atoms with Crippen molar-refractivity contribution in [3.8, 4) is 11.1 Å². The van der Waals surface area contributed by atoms with Crippen molar-refractivity contribution in [2.75, 3.05) is 13.1 Å². The first-order valence-corrected chi connectivity index (χ1v) is 11.0. The summed E-state index contributed by atoms with van der Waals surface area (Å²) in [7, 11) is 0. The Bertz CT molecular complexity index is 1200. The zero-order valence-corrected chi connectivity index (χ0v) is 18.8. The summed E-state index contributed by atoms with van der Waals surface area (Å²) in [5, 5.41) is 2.80. The fourth-order valence-electron chi connectivity index (χ4n) is 3.69. The van der Waals surface area contributed by atoms with E-state index >= 15 is 0 Å². The summed E-state index contributed by atoms with van der Waals surface area (Å²) in [6, 6.07) is 14.4. The average molecular weight is 467 g/mol. The number of pyridine rings is 1. The summed E-state index contributed by atoms with van der Waals surface area (Å²) in [5.41, 5.74) is 2.87. The minimum Gasteiger partial charge on any atom is -0.345 e. The zero-order chi connectivity index (χ0) is 24.5. The molecule has 4 rings (SSSR count). The van der Waals surface area contributed by atoms with Gasteiger partial charge in [0.15, 0.2) is 0 Å². The number of hydrogen-bond donors (Lipinski definition) is 1. The van der Waals surface area contributed by atoms with Crippen LogP contribution in [0.3, 0.4) is 0 Å². The maximum Gasteiger partial charge on any atom is 0.433 e. The fraction of sp³-hybridized carbons (Fsp3) is 0.269. The molecule has 2 heterocycles. The van der Waals surface area contributed by atoms with Gasteiger partial charge in [-0.3, -0.25) is 14.6 Å². The molecule has 2 aromatic carbocycles. The minimum atomic E-state index is -4.53. The summed E-state index contributed by atoms with van der Waals surface area (Å²) in [5.74, 6) is -0.562. The number of amides is 2. The lowest BCUT2D eigenvalue weighted by molar-refractivity contribution is -0.141. The Labute approximate surface area is 195 Å². The maximum atomic E-state index is 13.1. The van der Waals surface area contributed by atoms with Crippen molar-refractivity contribution in [2.45, 2.75) is 32.5 Å². The molecule has 0 radical (unpaired) electrons. The molecule has 34 heavy (non-hydrogen) atoms. The van der Waals surface area contributed by atoms with Gasteiger partial charge in [-0.25, -0.2) is 0 Å². The van der Waals surface area contributed by atoms with Gasteiger partial charge >= 0.3 is 6.18 Å². The molecule has 1 saturated heterocycles. The minimum absolute atomic E-state index is 0.130. The molecular weight excluding hydrogens is 443 g/mol. The van der Waals surface area contributed by atoms with Crippen molar-refractivity contribution in [3.63, 3.8) is 0 Å². The van der Waals surface area contributed by atoms with Crippen molar-refractivity contribution < 1.29 is 22.8 Å². The van der Waals surface area contributed by atoms with Gasteiger partial charge < -0.3 is 10.2 Å². The van der Waals surface area contributed by atoms with Gasteiger partial charge in [-0.2, -0.15) is 13.2 Å². The van der Waals surface area contributed by atoms with Gasteiger partial charge in [0.25, 0.3) is 11.8 Å². The second-order valence-corrected chi connectivity index (χ2v) is 8.48. The van der Waals surface area contributed by atoms with Gasteiger partial charge in [-0.15, -0.1) is 0 Å². The van der Waals surface area contributed by atoms with Crippen LogP contribution in [0.25, 0.3) is 11.1 Å². The SMILES string of the molecule is Cc1ccc(-c2cc(C(=O)N[C@H](C)c3ccc(C(F)(F)F)nc3)cc(C(=O)N3CCC3)c2)cc1. The van der Waals surface area contributed by atoms with Crippen molar-refractivity contribution in [2.24, 2.45) is 0 Å². The van der Waals surface area contributed by atoms with Crippen LogP contribution in [0.2, 0.25) is 0 Å². The molecule has 1 aliphatic rings. The van der Waals surface area contributed by atoms with E-state index in [9.17, 15) is 22.8 Å². The molecule has 0 unspecified atom stereocenters. The van der Waals surface area contributed by atoms with E-state index < -0.39 is 23.8 Å². The number of benzene rings is 2. The second-order valence-electron chi connectivity index (χ2n) is 8.48. The van der Waals surface area contributed by atoms with Gasteiger partial charge in [0.2, 0.25) is 0 Å². The molecule has 1 atom stereocenters. The molecule has 0 bridgehead atoms. The Balaban J connectivity index is 1.61. The molecule has 3 aromatic rings. The number of rotatable bonds is 5. The number of likely N-dealkylation sites (tertiary alicyclic amines) is 1. The number of alkyl halides is 3. The van der Waals surface area contributed by atoms with E-state index in [0.717, 1.165) is 35.4 Å². The molecule has 1 fully saturated rings. The Morgan fingerprint density at radius 2 is 1.65 bits per heavy atom. The van der Waals surface area contributed by atoms with Crippen molar-refractivity contribution in [3.05, 3.63) is 88.7 Å². The Morgan fingerprint density at radius 1 is 0.971 bits per heavy atom. The summed E-state index contributed by atoms with van der Waals surface area (Å²) in [6.07, 6.45) is -2.47. The molecule has 2 amide bonds. The molecule has 1 aliphatic heterocycles. The second kappa shape index (κ2) is 9.29. The molecule has 0 spiro atoms. The summed E-state index contributed by atoms with van der Waals surface area (Å²) < 4.78 is 38.3. The van der Waals surface area contributed by atoms with E-state index in [4.69, 9.17) is 0 Å². The Hall–Kier alpha value is -3.68. The smallest absolute Gasteiger partial charge is 0.345 e. The van der Waals surface area contributed by atoms with Crippen LogP contribution in [-0.4, -0.2) is 34.8 Å². The van der Waals surface area contributed by atoms with E-state index in [1.807, 2.05) is 31.2 Å². The first-order valence-electron chi connectivity index (χ1n) is 11.0. The highest BCUT2D eigenvalue weighted by atomic mass is 19.4. The average Bonchev–Trinajstić information content (AvgIpc) is 2.77. The molecule has 5 nitrogen and oxygen atoms in total. The van der Waals surface area contributed by atoms with Gasteiger partial charge in [0, 0.05) is 30.4 Å². The third kappa shape index (κ3) is 5.11. The normalized spacial score (nSPS) is 14.3. The number of nitrogens with zero attached hydrogens (tertiary/aromatic N) is 2. The predicted octanol–water partition coefficient (Wildman–Crippen LogP) is 5.41. The summed E-state index contributed by atoms with van der Waals surface area (Å²) >= 11 is 0. The predicted molar refractivity (Wildman–Crippen MR) is 122 cm³/mol. The number of carbonyl (C=O) groups is 2. The van der Waals surface area contributed by atoms with Gasteiger partial charge in [0.1, 0.15) is 5.69 Å². The lowest BCUT2D eigenvalue weighted by Gasteiger charge is -2.31. The third-order valence-electron chi connectivity index (χ3n) is 5.89. The van der Waals surface area contributed by atoms with E-state index in [2.05, 4.69) is 10.3 Å². The summed E-state index contributed by atoms with van der Waals surface area (Å²) in [6.45, 7) is 5.02. The van der Waals surface area contributed by atoms with Gasteiger partial charge in [-0.1, -0.05) is 35.9 Å². The van der Waals surface area contributed by atoms with Crippen LogP contribution in [-0.2, 0) is 6.18 Å². The standard InChI is InChI=1S/C26H24F3N3O2/c1-16-4-6-18(7-5-16)20-12-21(14-22(13-20)25(34)32-10-3-11-32)24(33)31-17(2)19-8-9-23(30-15-19)26(27,28)29/h4-9,12-15,17H,3,10-11H2,1-2H3,(H,31,33)/t17-/m1/s1. The highest BCUT2D eigenvalue weighted by Gasteiger charge is 2.32. The molecule has 0 saturated carbocycles. The lowest BCUT2D eigenvalue weighted by Crippen LogP contribution is -2.42. The van der Waals surface area contributed by atoms with E-state index in [1.165, 1.54) is 6.07 Å². The van der Waals surface area contributed by atoms with Crippen molar-refractivity contribution in [1.82, 2.24) is 15.2 Å². The third-order valence-corrected chi connectivity index (χ3v) is 5.89. The van der Waals surface area contributed by atoms with Crippen LogP contribution in [0.4, 0.5) is 13.2 Å². The van der Waals surface area contributed by atoms with Gasteiger partial charge in [0.05, 0.1) is 6.04 Å².